The Balaban J connectivity index is 2.26. The number of ether oxygens (including phenoxy) is 2. The summed E-state index contributed by atoms with van der Waals surface area (Å²) in [6.07, 6.45) is 0. The van der Waals surface area contributed by atoms with Gasteiger partial charge in [-0.15, -0.1) is 11.3 Å². The van der Waals surface area contributed by atoms with Gasteiger partial charge in [0.05, 0.1) is 12.7 Å². The second-order valence-corrected chi connectivity index (χ2v) is 6.30. The van der Waals surface area contributed by atoms with Crippen LogP contribution in [-0.4, -0.2) is 31.2 Å². The molecule has 0 aliphatic rings. The number of rotatable bonds is 7. The molecule has 0 saturated carbocycles. The predicted octanol–water partition coefficient (Wildman–Crippen LogP) is 3.09. The number of carbonyl (C=O) groups excluding carboxylic acids is 2. The number of benzene rings is 1. The van der Waals surface area contributed by atoms with Gasteiger partial charge in [0.1, 0.15) is 16.6 Å². The number of halogens is 1. The zero-order valence-corrected chi connectivity index (χ0v) is 14.4. The highest BCUT2D eigenvalue weighted by atomic mass is 32.1. The Morgan fingerprint density at radius 1 is 1.44 bits per heavy atom. The third kappa shape index (κ3) is 3.90. The van der Waals surface area contributed by atoms with Gasteiger partial charge in [0.2, 0.25) is 0 Å². The van der Waals surface area contributed by atoms with Crippen LogP contribution in [0, 0.1) is 28.5 Å². The first-order chi connectivity index (χ1) is 11.9. The Bertz CT molecular complexity index is 885. The number of hydrogen-bond acceptors (Lipinski definition) is 7. The Hall–Kier alpha value is -2.63. The number of ketones is 1. The third-order valence-electron chi connectivity index (χ3n) is 3.47. The average Bonchev–Trinajstić information content (AvgIpc) is 2.93. The monoisotopic (exact) mass is 362 g/mol. The van der Waals surface area contributed by atoms with E-state index in [2.05, 4.69) is 0 Å². The fraction of sp³-hybridized carbons (Fsp3) is 0.294. The quantitative estimate of drug-likeness (QED) is 0.602. The van der Waals surface area contributed by atoms with E-state index in [0.717, 1.165) is 11.3 Å². The maximum Gasteiger partial charge on any atom is 0.349 e. The van der Waals surface area contributed by atoms with Crippen LogP contribution in [0.1, 0.15) is 22.2 Å². The minimum atomic E-state index is -1.24. The Morgan fingerprint density at radius 3 is 2.76 bits per heavy atom. The van der Waals surface area contributed by atoms with E-state index in [-0.39, 0.29) is 22.6 Å². The molecule has 1 aromatic carbocycles. The first-order valence-corrected chi connectivity index (χ1v) is 8.05. The zero-order valence-electron chi connectivity index (χ0n) is 13.6. The molecule has 0 radical (unpaired) electrons. The Labute approximate surface area is 147 Å². The molecule has 0 aliphatic carbocycles. The fourth-order valence-electron chi connectivity index (χ4n) is 2.31. The molecule has 0 fully saturated rings. The summed E-state index contributed by atoms with van der Waals surface area (Å²) >= 11 is 1.05. The van der Waals surface area contributed by atoms with E-state index in [4.69, 9.17) is 20.1 Å². The standard InChI is InChI=1S/C17H15FN2O4S/c1-9(20)10(6-19)13(21)8-24-17(22)16-11(7-23-2)15-12(18)4-3-5-14(15)25-16/h3-5,10,20H,7-8H2,1-2H3. The summed E-state index contributed by atoms with van der Waals surface area (Å²) in [7, 11) is 1.42. The topological polar surface area (TPSA) is 100 Å². The third-order valence-corrected chi connectivity index (χ3v) is 4.64. The fourth-order valence-corrected chi connectivity index (χ4v) is 3.43. The molecule has 25 heavy (non-hydrogen) atoms. The average molecular weight is 362 g/mol. The van der Waals surface area contributed by atoms with Gasteiger partial charge in [0.15, 0.2) is 12.4 Å². The van der Waals surface area contributed by atoms with Gasteiger partial charge in [-0.3, -0.25) is 4.79 Å². The summed E-state index contributed by atoms with van der Waals surface area (Å²) in [5.74, 6) is -3.18. The van der Waals surface area contributed by atoms with Gasteiger partial charge in [-0.25, -0.2) is 9.18 Å². The first-order valence-electron chi connectivity index (χ1n) is 7.24. The molecular weight excluding hydrogens is 347 g/mol. The van der Waals surface area contributed by atoms with Crippen molar-refractivity contribution in [3.8, 4) is 6.07 Å². The number of fused-ring (bicyclic) bond motifs is 1. The lowest BCUT2D eigenvalue weighted by Gasteiger charge is -2.08. The van der Waals surface area contributed by atoms with Crippen LogP contribution in [0.15, 0.2) is 18.2 Å². The van der Waals surface area contributed by atoms with Gasteiger partial charge in [-0.05, 0) is 19.1 Å². The number of hydrogen-bond donors (Lipinski definition) is 1. The van der Waals surface area contributed by atoms with Gasteiger partial charge < -0.3 is 14.9 Å². The highest BCUT2D eigenvalue weighted by molar-refractivity contribution is 7.21. The van der Waals surface area contributed by atoms with Crippen molar-refractivity contribution in [2.75, 3.05) is 13.7 Å². The lowest BCUT2D eigenvalue weighted by atomic mass is 10.0. The largest absolute Gasteiger partial charge is 0.453 e. The molecule has 0 aliphatic heterocycles. The van der Waals surface area contributed by atoms with E-state index in [1.807, 2.05) is 0 Å². The molecule has 6 nitrogen and oxygen atoms in total. The van der Waals surface area contributed by atoms with E-state index in [9.17, 15) is 14.0 Å². The van der Waals surface area contributed by atoms with Crippen molar-refractivity contribution in [2.45, 2.75) is 13.5 Å². The number of carbonyl (C=O) groups is 2. The van der Waals surface area contributed by atoms with Crippen LogP contribution in [0.4, 0.5) is 4.39 Å². The van der Waals surface area contributed by atoms with Crippen LogP contribution < -0.4 is 0 Å². The number of thiophene rings is 1. The number of Topliss-reactive ketones (excluding diaryl/α,β-unsaturated/α-hetero) is 1. The summed E-state index contributed by atoms with van der Waals surface area (Å²) < 4.78 is 24.7. The summed E-state index contributed by atoms with van der Waals surface area (Å²) in [4.78, 5) is 24.3. The number of nitrogens with one attached hydrogen (secondary N) is 1. The van der Waals surface area contributed by atoms with Crippen LogP contribution in [-0.2, 0) is 20.9 Å². The molecule has 1 unspecified atom stereocenters. The van der Waals surface area contributed by atoms with E-state index in [0.29, 0.717) is 10.3 Å². The van der Waals surface area contributed by atoms with Crippen molar-refractivity contribution in [3.05, 3.63) is 34.5 Å². The van der Waals surface area contributed by atoms with E-state index in [1.54, 1.807) is 12.1 Å². The second-order valence-electron chi connectivity index (χ2n) is 5.24. The predicted molar refractivity (Wildman–Crippen MR) is 90.3 cm³/mol. The number of nitriles is 1. The van der Waals surface area contributed by atoms with Gasteiger partial charge in [0.25, 0.3) is 0 Å². The van der Waals surface area contributed by atoms with Crippen LogP contribution in [0.3, 0.4) is 0 Å². The molecule has 2 rings (SSSR count). The van der Waals surface area contributed by atoms with Crippen molar-refractivity contribution < 1.29 is 23.5 Å². The lowest BCUT2D eigenvalue weighted by molar-refractivity contribution is -0.122. The van der Waals surface area contributed by atoms with Gasteiger partial charge in [-0.2, -0.15) is 5.26 Å². The molecule has 0 saturated heterocycles. The molecule has 1 N–H and O–H groups in total. The number of methoxy groups -OCH3 is 1. The van der Waals surface area contributed by atoms with Crippen LogP contribution in [0.5, 0.6) is 0 Å². The van der Waals surface area contributed by atoms with Crippen molar-refractivity contribution in [2.24, 2.45) is 5.92 Å². The zero-order chi connectivity index (χ0) is 18.6. The molecule has 0 amide bonds. The van der Waals surface area contributed by atoms with Gasteiger partial charge >= 0.3 is 5.97 Å². The Kier molecular flexibility index (Phi) is 5.96. The second kappa shape index (κ2) is 7.96. The van der Waals surface area contributed by atoms with Crippen LogP contribution in [0.2, 0.25) is 0 Å². The number of nitrogens with zero attached hydrogens (tertiary/aromatic N) is 1. The SMILES string of the molecule is COCc1c(C(=O)OCC(=O)C(C#N)C(C)=N)sc2cccc(F)c12. The summed E-state index contributed by atoms with van der Waals surface area (Å²) in [5, 5.41) is 16.5. The molecule has 1 heterocycles. The molecule has 1 atom stereocenters. The molecule has 0 bridgehead atoms. The van der Waals surface area contributed by atoms with Crippen molar-refractivity contribution >= 4 is 38.9 Å². The smallest absolute Gasteiger partial charge is 0.349 e. The van der Waals surface area contributed by atoms with E-state index < -0.39 is 30.1 Å². The molecular formula is C17H15FN2O4S. The minimum absolute atomic E-state index is 0.0136. The van der Waals surface area contributed by atoms with E-state index >= 15 is 0 Å². The van der Waals surface area contributed by atoms with Gasteiger partial charge in [0, 0.05) is 28.5 Å². The molecule has 1 aromatic heterocycles. The minimum Gasteiger partial charge on any atom is -0.453 e. The lowest BCUT2D eigenvalue weighted by Crippen LogP contribution is -2.25. The summed E-state index contributed by atoms with van der Waals surface area (Å²) in [6, 6.07) is 6.19. The van der Waals surface area contributed by atoms with E-state index in [1.165, 1.54) is 26.2 Å². The molecule has 130 valence electrons. The van der Waals surface area contributed by atoms with Crippen LogP contribution in [0.25, 0.3) is 10.1 Å². The Morgan fingerprint density at radius 2 is 2.16 bits per heavy atom. The highest BCUT2D eigenvalue weighted by Crippen LogP contribution is 2.34. The first kappa shape index (κ1) is 18.7. The summed E-state index contributed by atoms with van der Waals surface area (Å²) in [5.41, 5.74) is 0.241. The molecule has 2 aromatic rings. The van der Waals surface area contributed by atoms with Crippen molar-refractivity contribution in [1.29, 1.82) is 10.7 Å². The molecule has 8 heteroatoms. The van der Waals surface area contributed by atoms with Gasteiger partial charge in [-0.1, -0.05) is 6.07 Å². The van der Waals surface area contributed by atoms with Crippen molar-refractivity contribution in [3.63, 3.8) is 0 Å². The number of esters is 1. The normalized spacial score (nSPS) is 11.8. The maximum absolute atomic E-state index is 14.1. The highest BCUT2D eigenvalue weighted by Gasteiger charge is 2.25. The molecule has 0 spiro atoms. The summed E-state index contributed by atoms with van der Waals surface area (Å²) in [6.45, 7) is 0.717. The maximum atomic E-state index is 14.1. The van der Waals surface area contributed by atoms with Crippen molar-refractivity contribution in [1.82, 2.24) is 0 Å². The van der Waals surface area contributed by atoms with Crippen LogP contribution >= 0.6 is 11.3 Å².